The summed E-state index contributed by atoms with van der Waals surface area (Å²) in [7, 11) is -3.65. The molecule has 2 saturated heterocycles. The predicted octanol–water partition coefficient (Wildman–Crippen LogP) is 2.86. The van der Waals surface area contributed by atoms with E-state index in [0.717, 1.165) is 50.8 Å². The zero-order chi connectivity index (χ0) is 22.6. The number of amides is 2. The number of carbonyl (C=O) groups excluding carboxylic acids is 2. The van der Waals surface area contributed by atoms with Gasteiger partial charge in [0.2, 0.25) is 15.9 Å². The van der Waals surface area contributed by atoms with Gasteiger partial charge in [-0.1, -0.05) is 6.92 Å². The zero-order valence-corrected chi connectivity index (χ0v) is 19.8. The van der Waals surface area contributed by atoms with E-state index in [9.17, 15) is 18.0 Å². The fourth-order valence-corrected chi connectivity index (χ4v) is 6.07. The molecular weight excluding hydrogens is 414 g/mol. The van der Waals surface area contributed by atoms with Crippen molar-refractivity contribution in [2.45, 2.75) is 64.2 Å². The number of piperidine rings is 2. The Balaban J connectivity index is 1.68. The van der Waals surface area contributed by atoms with Crippen molar-refractivity contribution in [3.63, 3.8) is 0 Å². The average molecular weight is 450 g/mol. The standard InChI is InChI=1S/C23H35N3O4S/c1-17-8-13-26(14-9-17)31(29,30)21-16-20(15-18(2)19(21)3)23(28)24-10-7-22(27)25-11-5-4-6-12-25/h15-17H,4-14H2,1-3H3,(H,24,28). The first-order valence-electron chi connectivity index (χ1n) is 11.4. The molecule has 3 rings (SSSR count). The van der Waals surface area contributed by atoms with Crippen molar-refractivity contribution in [1.82, 2.24) is 14.5 Å². The summed E-state index contributed by atoms with van der Waals surface area (Å²) in [4.78, 5) is 27.1. The van der Waals surface area contributed by atoms with Crippen molar-refractivity contribution >= 4 is 21.8 Å². The molecule has 0 bridgehead atoms. The van der Waals surface area contributed by atoms with Crippen LogP contribution in [0.25, 0.3) is 0 Å². The number of aryl methyl sites for hydroxylation is 1. The number of hydrogen-bond acceptors (Lipinski definition) is 4. The Kier molecular flexibility index (Phi) is 7.75. The number of nitrogens with zero attached hydrogens (tertiary/aromatic N) is 2. The Hall–Kier alpha value is -1.93. The van der Waals surface area contributed by atoms with Gasteiger partial charge < -0.3 is 10.2 Å². The minimum absolute atomic E-state index is 0.0580. The molecule has 172 valence electrons. The number of nitrogens with one attached hydrogen (secondary N) is 1. The van der Waals surface area contributed by atoms with E-state index < -0.39 is 10.0 Å². The van der Waals surface area contributed by atoms with E-state index in [2.05, 4.69) is 12.2 Å². The summed E-state index contributed by atoms with van der Waals surface area (Å²) in [5, 5.41) is 2.78. The second-order valence-corrected chi connectivity index (χ2v) is 10.9. The van der Waals surface area contributed by atoms with Crippen LogP contribution in [0.4, 0.5) is 0 Å². The van der Waals surface area contributed by atoms with Crippen LogP contribution in [0.15, 0.2) is 17.0 Å². The highest BCUT2D eigenvalue weighted by Gasteiger charge is 2.30. The van der Waals surface area contributed by atoms with Crippen LogP contribution in [-0.4, -0.2) is 62.2 Å². The second-order valence-electron chi connectivity index (χ2n) is 8.95. The van der Waals surface area contributed by atoms with Crippen molar-refractivity contribution in [3.8, 4) is 0 Å². The van der Waals surface area contributed by atoms with Crippen LogP contribution >= 0.6 is 0 Å². The first-order chi connectivity index (χ1) is 14.7. The van der Waals surface area contributed by atoms with Gasteiger partial charge in [0.1, 0.15) is 0 Å². The third-order valence-electron chi connectivity index (χ3n) is 6.58. The third-order valence-corrected chi connectivity index (χ3v) is 8.60. The van der Waals surface area contributed by atoms with E-state index in [1.54, 1.807) is 13.0 Å². The predicted molar refractivity (Wildman–Crippen MR) is 120 cm³/mol. The molecule has 1 aromatic rings. The van der Waals surface area contributed by atoms with E-state index >= 15 is 0 Å². The molecule has 2 fully saturated rings. The Morgan fingerprint density at radius 1 is 1.03 bits per heavy atom. The van der Waals surface area contributed by atoms with Crippen LogP contribution in [0, 0.1) is 19.8 Å². The van der Waals surface area contributed by atoms with Crippen LogP contribution in [0.5, 0.6) is 0 Å². The largest absolute Gasteiger partial charge is 0.352 e. The molecule has 2 aliphatic heterocycles. The van der Waals surface area contributed by atoms with Crippen molar-refractivity contribution in [3.05, 3.63) is 28.8 Å². The molecule has 0 aliphatic carbocycles. The van der Waals surface area contributed by atoms with Gasteiger partial charge in [0.15, 0.2) is 0 Å². The number of rotatable bonds is 6. The third kappa shape index (κ3) is 5.66. The molecular formula is C23H35N3O4S. The second kappa shape index (κ2) is 10.1. The molecule has 2 amide bonds. The maximum atomic E-state index is 13.3. The number of sulfonamides is 1. The minimum Gasteiger partial charge on any atom is -0.352 e. The summed E-state index contributed by atoms with van der Waals surface area (Å²) in [6.07, 6.45) is 5.19. The molecule has 0 saturated carbocycles. The molecule has 0 spiro atoms. The molecule has 0 aromatic heterocycles. The topological polar surface area (TPSA) is 86.8 Å². The highest BCUT2D eigenvalue weighted by molar-refractivity contribution is 7.89. The maximum Gasteiger partial charge on any atom is 0.251 e. The Morgan fingerprint density at radius 3 is 2.32 bits per heavy atom. The van der Waals surface area contributed by atoms with Crippen molar-refractivity contribution in [2.75, 3.05) is 32.7 Å². The number of benzene rings is 1. The quantitative estimate of drug-likeness (QED) is 0.724. The lowest BCUT2D eigenvalue weighted by atomic mass is 10.0. The van der Waals surface area contributed by atoms with E-state index in [-0.39, 0.29) is 29.7 Å². The summed E-state index contributed by atoms with van der Waals surface area (Å²) in [6.45, 7) is 8.60. The van der Waals surface area contributed by atoms with Crippen molar-refractivity contribution < 1.29 is 18.0 Å². The monoisotopic (exact) mass is 449 g/mol. The Labute approximate surface area is 186 Å². The lowest BCUT2D eigenvalue weighted by Crippen LogP contribution is -2.38. The normalized spacial score (nSPS) is 18.7. The van der Waals surface area contributed by atoms with Crippen LogP contribution in [0.2, 0.25) is 0 Å². The van der Waals surface area contributed by atoms with Crippen molar-refractivity contribution in [1.29, 1.82) is 0 Å². The number of carbonyl (C=O) groups is 2. The molecule has 1 aromatic carbocycles. The van der Waals surface area contributed by atoms with E-state index in [4.69, 9.17) is 0 Å². The molecule has 7 nitrogen and oxygen atoms in total. The molecule has 2 aliphatic rings. The fraction of sp³-hybridized carbons (Fsp3) is 0.652. The fourth-order valence-electron chi connectivity index (χ4n) is 4.28. The van der Waals surface area contributed by atoms with Crippen LogP contribution in [-0.2, 0) is 14.8 Å². The van der Waals surface area contributed by atoms with E-state index in [0.29, 0.717) is 30.1 Å². The lowest BCUT2D eigenvalue weighted by molar-refractivity contribution is -0.131. The van der Waals surface area contributed by atoms with Gasteiger partial charge in [0.25, 0.3) is 5.91 Å². The molecule has 2 heterocycles. The first kappa shape index (κ1) is 23.7. The van der Waals surface area contributed by atoms with E-state index in [1.165, 1.54) is 10.4 Å². The summed E-state index contributed by atoms with van der Waals surface area (Å²) in [5.41, 5.74) is 1.76. The van der Waals surface area contributed by atoms with E-state index in [1.807, 2.05) is 11.8 Å². The Morgan fingerprint density at radius 2 is 1.68 bits per heavy atom. The molecule has 0 atom stereocenters. The molecule has 0 unspecified atom stereocenters. The maximum absolute atomic E-state index is 13.3. The van der Waals surface area contributed by atoms with Gasteiger partial charge in [-0.15, -0.1) is 0 Å². The van der Waals surface area contributed by atoms with Gasteiger partial charge in [-0.2, -0.15) is 4.31 Å². The Bertz CT molecular complexity index is 915. The highest BCUT2D eigenvalue weighted by Crippen LogP contribution is 2.28. The number of hydrogen-bond donors (Lipinski definition) is 1. The molecule has 0 radical (unpaired) electrons. The van der Waals surface area contributed by atoms with Gasteiger partial charge in [0, 0.05) is 44.7 Å². The van der Waals surface area contributed by atoms with Crippen LogP contribution in [0.1, 0.15) is 66.9 Å². The molecule has 1 N–H and O–H groups in total. The van der Waals surface area contributed by atoms with Gasteiger partial charge in [-0.3, -0.25) is 9.59 Å². The summed E-state index contributed by atoms with van der Waals surface area (Å²) in [6, 6.07) is 3.20. The van der Waals surface area contributed by atoms with Gasteiger partial charge in [0.05, 0.1) is 4.90 Å². The van der Waals surface area contributed by atoms with Gasteiger partial charge >= 0.3 is 0 Å². The zero-order valence-electron chi connectivity index (χ0n) is 18.9. The minimum atomic E-state index is -3.65. The smallest absolute Gasteiger partial charge is 0.251 e. The SMILES string of the molecule is Cc1cc(C(=O)NCCC(=O)N2CCCCC2)cc(S(=O)(=O)N2CCC(C)CC2)c1C. The molecule has 8 heteroatoms. The summed E-state index contributed by atoms with van der Waals surface area (Å²) >= 11 is 0. The van der Waals surface area contributed by atoms with Crippen LogP contribution in [0.3, 0.4) is 0 Å². The highest BCUT2D eigenvalue weighted by atomic mass is 32.2. The average Bonchev–Trinajstić information content (AvgIpc) is 2.76. The lowest BCUT2D eigenvalue weighted by Gasteiger charge is -2.30. The summed E-state index contributed by atoms with van der Waals surface area (Å²) < 4.78 is 28.1. The first-order valence-corrected chi connectivity index (χ1v) is 12.8. The number of likely N-dealkylation sites (tertiary alicyclic amines) is 1. The molecule has 31 heavy (non-hydrogen) atoms. The van der Waals surface area contributed by atoms with Gasteiger partial charge in [-0.25, -0.2) is 8.42 Å². The summed E-state index contributed by atoms with van der Waals surface area (Å²) in [5.74, 6) is 0.236. The van der Waals surface area contributed by atoms with Crippen LogP contribution < -0.4 is 5.32 Å². The van der Waals surface area contributed by atoms with Crippen molar-refractivity contribution in [2.24, 2.45) is 5.92 Å². The van der Waals surface area contributed by atoms with Gasteiger partial charge in [-0.05, 0) is 75.1 Å².